The summed E-state index contributed by atoms with van der Waals surface area (Å²) in [5.41, 5.74) is 2.54. The van der Waals surface area contributed by atoms with Crippen molar-refractivity contribution in [3.05, 3.63) is 59.7 Å². The Morgan fingerprint density at radius 1 is 1.04 bits per heavy atom. The molecule has 0 saturated carbocycles. The van der Waals surface area contributed by atoms with E-state index >= 15 is 0 Å². The molecule has 8 heteroatoms. The minimum Gasteiger partial charge on any atom is -0.352 e. The molecule has 1 aliphatic rings. The Balaban J connectivity index is 1.24. The summed E-state index contributed by atoms with van der Waals surface area (Å²) in [5.74, 6) is 0.728. The van der Waals surface area contributed by atoms with Crippen LogP contribution in [0, 0.1) is 5.82 Å². The molecule has 1 fully saturated rings. The van der Waals surface area contributed by atoms with Crippen molar-refractivity contribution >= 4 is 28.3 Å². The van der Waals surface area contributed by atoms with E-state index in [1.54, 1.807) is 36.1 Å². The normalized spacial score (nSPS) is 15.4. The molecule has 0 atom stereocenters. The average molecular weight is 394 g/mol. The molecule has 4 aromatic rings. The van der Waals surface area contributed by atoms with Crippen molar-refractivity contribution in [2.75, 3.05) is 31.1 Å². The van der Waals surface area contributed by atoms with Crippen LogP contribution in [0.25, 0.3) is 21.6 Å². The van der Waals surface area contributed by atoms with Gasteiger partial charge in [-0.15, -0.1) is 11.3 Å². The summed E-state index contributed by atoms with van der Waals surface area (Å²) in [4.78, 5) is 23.1. The SMILES string of the molecule is Fc1cccc(-c2ccc(CN3CCN(c4ncnc5nc[nH]c45)CC3)s2)c1. The Labute approximate surface area is 165 Å². The first-order valence-corrected chi connectivity index (χ1v) is 10.0. The number of hydrogen-bond donors (Lipinski definition) is 1. The summed E-state index contributed by atoms with van der Waals surface area (Å²) in [6.07, 6.45) is 3.23. The van der Waals surface area contributed by atoms with Crippen LogP contribution in [0.1, 0.15) is 4.88 Å². The van der Waals surface area contributed by atoms with Crippen molar-refractivity contribution in [1.29, 1.82) is 0 Å². The molecule has 1 aliphatic heterocycles. The molecule has 1 aromatic carbocycles. The van der Waals surface area contributed by atoms with Crippen molar-refractivity contribution in [3.8, 4) is 10.4 Å². The Kier molecular flexibility index (Phi) is 4.50. The van der Waals surface area contributed by atoms with Crippen molar-refractivity contribution in [1.82, 2.24) is 24.8 Å². The molecule has 1 saturated heterocycles. The van der Waals surface area contributed by atoms with E-state index in [0.29, 0.717) is 5.65 Å². The Morgan fingerprint density at radius 3 is 2.79 bits per heavy atom. The number of H-pyrrole nitrogens is 1. The third-order valence-electron chi connectivity index (χ3n) is 5.03. The zero-order valence-corrected chi connectivity index (χ0v) is 16.0. The predicted molar refractivity (Wildman–Crippen MR) is 109 cm³/mol. The highest BCUT2D eigenvalue weighted by atomic mass is 32.1. The van der Waals surface area contributed by atoms with Gasteiger partial charge in [-0.25, -0.2) is 19.3 Å². The van der Waals surface area contributed by atoms with Crippen LogP contribution in [0.4, 0.5) is 10.2 Å². The first-order valence-electron chi connectivity index (χ1n) is 9.22. The van der Waals surface area contributed by atoms with Crippen LogP contribution in [-0.2, 0) is 6.54 Å². The van der Waals surface area contributed by atoms with Crippen molar-refractivity contribution < 1.29 is 4.39 Å². The summed E-state index contributed by atoms with van der Waals surface area (Å²) in [7, 11) is 0. The van der Waals surface area contributed by atoms with E-state index in [9.17, 15) is 4.39 Å². The summed E-state index contributed by atoms with van der Waals surface area (Å²) in [6, 6.07) is 11.0. The highest BCUT2D eigenvalue weighted by Gasteiger charge is 2.21. The van der Waals surface area contributed by atoms with E-state index in [-0.39, 0.29) is 5.82 Å². The number of nitrogens with one attached hydrogen (secondary N) is 1. The maximum absolute atomic E-state index is 13.5. The first kappa shape index (κ1) is 17.3. The third-order valence-corrected chi connectivity index (χ3v) is 6.14. The zero-order valence-electron chi connectivity index (χ0n) is 15.2. The number of fused-ring (bicyclic) bond motifs is 1. The van der Waals surface area contributed by atoms with Gasteiger partial charge in [-0.1, -0.05) is 12.1 Å². The average Bonchev–Trinajstić information content (AvgIpc) is 3.38. The lowest BCUT2D eigenvalue weighted by atomic mass is 10.2. The van der Waals surface area contributed by atoms with Crippen molar-refractivity contribution in [2.24, 2.45) is 0 Å². The molecule has 4 heterocycles. The van der Waals surface area contributed by atoms with Gasteiger partial charge in [0.05, 0.1) is 6.33 Å². The summed E-state index contributed by atoms with van der Waals surface area (Å²) >= 11 is 1.73. The number of halogens is 1. The van der Waals surface area contributed by atoms with E-state index in [0.717, 1.165) is 54.5 Å². The lowest BCUT2D eigenvalue weighted by molar-refractivity contribution is 0.251. The molecule has 0 radical (unpaired) electrons. The fourth-order valence-electron chi connectivity index (χ4n) is 3.59. The Hall–Kier alpha value is -2.84. The van der Waals surface area contributed by atoms with Crippen LogP contribution >= 0.6 is 11.3 Å². The van der Waals surface area contributed by atoms with Gasteiger partial charge < -0.3 is 9.88 Å². The largest absolute Gasteiger partial charge is 0.352 e. The second-order valence-corrected chi connectivity index (χ2v) is 8.01. The molecule has 0 amide bonds. The van der Waals surface area contributed by atoms with Crippen molar-refractivity contribution in [2.45, 2.75) is 6.54 Å². The number of rotatable bonds is 4. The number of imidazole rings is 1. The number of benzene rings is 1. The highest BCUT2D eigenvalue weighted by Crippen LogP contribution is 2.29. The zero-order chi connectivity index (χ0) is 18.9. The van der Waals surface area contributed by atoms with E-state index in [2.05, 4.69) is 41.9 Å². The van der Waals surface area contributed by atoms with Crippen LogP contribution in [0.15, 0.2) is 49.1 Å². The molecule has 142 valence electrons. The smallest absolute Gasteiger partial charge is 0.182 e. The third kappa shape index (κ3) is 3.36. The van der Waals surface area contributed by atoms with Crippen LogP contribution < -0.4 is 4.90 Å². The molecule has 3 aromatic heterocycles. The van der Waals surface area contributed by atoms with E-state index in [1.807, 2.05) is 6.07 Å². The van der Waals surface area contributed by atoms with Gasteiger partial charge >= 0.3 is 0 Å². The number of hydrogen-bond acceptors (Lipinski definition) is 6. The molecule has 5 rings (SSSR count). The first-order chi connectivity index (χ1) is 13.8. The standard InChI is InChI=1S/C20H19FN6S/c21-15-3-1-2-14(10-15)17-5-4-16(28-17)11-26-6-8-27(9-7-26)20-18-19(23-12-22-18)24-13-25-20/h1-5,10,12-13H,6-9,11H2,(H,22,23,24,25). The number of anilines is 1. The number of aromatic nitrogens is 4. The molecule has 6 nitrogen and oxygen atoms in total. The summed E-state index contributed by atoms with van der Waals surface area (Å²) in [5, 5.41) is 0. The van der Waals surface area contributed by atoms with Crippen LogP contribution in [0.5, 0.6) is 0 Å². The second-order valence-electron chi connectivity index (χ2n) is 6.84. The van der Waals surface area contributed by atoms with Gasteiger partial charge in [0.25, 0.3) is 0 Å². The number of aromatic amines is 1. The highest BCUT2D eigenvalue weighted by molar-refractivity contribution is 7.15. The molecular formula is C20H19FN6S. The topological polar surface area (TPSA) is 60.9 Å². The summed E-state index contributed by atoms with van der Waals surface area (Å²) < 4.78 is 13.5. The van der Waals surface area contributed by atoms with E-state index < -0.39 is 0 Å². The molecule has 0 aliphatic carbocycles. The molecule has 0 bridgehead atoms. The van der Waals surface area contributed by atoms with Gasteiger partial charge in [-0.2, -0.15) is 0 Å². The van der Waals surface area contributed by atoms with Gasteiger partial charge in [0.1, 0.15) is 17.7 Å². The minimum atomic E-state index is -0.195. The minimum absolute atomic E-state index is 0.195. The molecular weight excluding hydrogens is 375 g/mol. The number of nitrogens with zero attached hydrogens (tertiary/aromatic N) is 5. The number of piperazine rings is 1. The summed E-state index contributed by atoms with van der Waals surface area (Å²) in [6.45, 7) is 4.66. The number of thiophene rings is 1. The van der Waals surface area contributed by atoms with Gasteiger partial charge in [-0.3, -0.25) is 4.90 Å². The van der Waals surface area contributed by atoms with Crippen LogP contribution in [0.3, 0.4) is 0 Å². The maximum atomic E-state index is 13.5. The quantitative estimate of drug-likeness (QED) is 0.574. The fourth-order valence-corrected chi connectivity index (χ4v) is 4.64. The molecule has 0 unspecified atom stereocenters. The van der Waals surface area contributed by atoms with Gasteiger partial charge in [0, 0.05) is 42.5 Å². The maximum Gasteiger partial charge on any atom is 0.182 e. The van der Waals surface area contributed by atoms with Gasteiger partial charge in [0.2, 0.25) is 0 Å². The molecule has 0 spiro atoms. The predicted octanol–water partition coefficient (Wildman–Crippen LogP) is 3.54. The molecule has 28 heavy (non-hydrogen) atoms. The van der Waals surface area contributed by atoms with Crippen LogP contribution in [0.2, 0.25) is 0 Å². The van der Waals surface area contributed by atoms with Gasteiger partial charge in [0.15, 0.2) is 11.5 Å². The fraction of sp³-hybridized carbons (Fsp3) is 0.250. The second kappa shape index (κ2) is 7.29. The monoisotopic (exact) mass is 394 g/mol. The van der Waals surface area contributed by atoms with Crippen LogP contribution in [-0.4, -0.2) is 51.0 Å². The van der Waals surface area contributed by atoms with Crippen molar-refractivity contribution in [3.63, 3.8) is 0 Å². The molecule has 1 N–H and O–H groups in total. The van der Waals surface area contributed by atoms with Gasteiger partial charge in [-0.05, 0) is 29.8 Å². The van der Waals surface area contributed by atoms with E-state index in [4.69, 9.17) is 0 Å². The lowest BCUT2D eigenvalue weighted by Crippen LogP contribution is -2.46. The Bertz CT molecular complexity index is 1100. The lowest BCUT2D eigenvalue weighted by Gasteiger charge is -2.35. The van der Waals surface area contributed by atoms with E-state index in [1.165, 1.54) is 10.9 Å². The Morgan fingerprint density at radius 2 is 1.93 bits per heavy atom.